The maximum absolute atomic E-state index is 12.3. The average Bonchev–Trinajstić information content (AvgIpc) is 3.04. The normalized spacial score (nSPS) is 21.0. The molecule has 3 atom stereocenters. The van der Waals surface area contributed by atoms with Crippen LogP contribution in [0.2, 0.25) is 0 Å². The van der Waals surface area contributed by atoms with Gasteiger partial charge < -0.3 is 9.94 Å². The molecule has 1 amide bonds. The lowest BCUT2D eigenvalue weighted by atomic mass is 9.88. The van der Waals surface area contributed by atoms with E-state index in [1.54, 1.807) is 12.1 Å². The van der Waals surface area contributed by atoms with E-state index in [2.05, 4.69) is 24.6 Å². The summed E-state index contributed by atoms with van der Waals surface area (Å²) in [6, 6.07) is 9.17. The minimum atomic E-state index is -0.530. The first-order chi connectivity index (χ1) is 15.1. The smallest absolute Gasteiger partial charge is 0.252 e. The summed E-state index contributed by atoms with van der Waals surface area (Å²) >= 11 is 0. The van der Waals surface area contributed by atoms with Crippen LogP contribution in [0.5, 0.6) is 5.75 Å². The fourth-order valence-electron chi connectivity index (χ4n) is 4.19. The Labute approximate surface area is 187 Å². The number of hydrogen-bond donors (Lipinski definition) is 2. The molecular formula is C26H39NO4. The van der Waals surface area contributed by atoms with Crippen LogP contribution in [0.25, 0.3) is 0 Å². The van der Waals surface area contributed by atoms with E-state index in [0.717, 1.165) is 38.5 Å². The van der Waals surface area contributed by atoms with Gasteiger partial charge in [0.2, 0.25) is 0 Å². The number of benzene rings is 1. The standard InChI is InChI=1S/C26H39NO4/c1-2-3-4-5-6-12-17-22-23(25(29)20-24(22)28)18-13-7-8-14-19-26(30)27-31-21-15-10-9-11-16-21/h9-12,15-17,22-24,28H,2-8,13-14,18-20H2,1H3,(H,27,30)/b17-12+/t22-,23-,24-/m1/s1. The van der Waals surface area contributed by atoms with E-state index in [-0.39, 0.29) is 29.9 Å². The van der Waals surface area contributed by atoms with E-state index in [4.69, 9.17) is 4.84 Å². The van der Waals surface area contributed by atoms with Crippen LogP contribution in [0.15, 0.2) is 42.5 Å². The van der Waals surface area contributed by atoms with Crippen molar-refractivity contribution in [3.8, 4) is 5.75 Å². The molecule has 2 rings (SSSR count). The maximum atomic E-state index is 12.3. The number of ketones is 1. The molecule has 5 nitrogen and oxygen atoms in total. The molecule has 0 bridgehead atoms. The molecule has 0 spiro atoms. The summed E-state index contributed by atoms with van der Waals surface area (Å²) in [5.74, 6) is 0.612. The Bertz CT molecular complexity index is 673. The zero-order valence-electron chi connectivity index (χ0n) is 18.9. The van der Waals surface area contributed by atoms with Gasteiger partial charge in [-0.2, -0.15) is 5.48 Å². The SMILES string of the molecule is CCCCCC/C=C/[C@H]1[C@H](O)CC(=O)[C@@H]1CCCCCCC(=O)NOc1ccccc1. The number of Topliss-reactive ketones (excluding diaryl/α,β-unsaturated/α-hetero) is 1. The number of para-hydroxylation sites is 1. The van der Waals surface area contributed by atoms with Crippen LogP contribution < -0.4 is 10.3 Å². The maximum Gasteiger partial charge on any atom is 0.252 e. The third-order valence-corrected chi connectivity index (χ3v) is 6.01. The highest BCUT2D eigenvalue weighted by molar-refractivity contribution is 5.84. The van der Waals surface area contributed by atoms with Crippen molar-refractivity contribution in [3.05, 3.63) is 42.5 Å². The Morgan fingerprint density at radius 3 is 2.61 bits per heavy atom. The Hall–Kier alpha value is -2.14. The Morgan fingerprint density at radius 1 is 1.10 bits per heavy atom. The number of carbonyl (C=O) groups is 2. The molecule has 0 heterocycles. The quantitative estimate of drug-likeness (QED) is 0.218. The van der Waals surface area contributed by atoms with Crippen molar-refractivity contribution < 1.29 is 19.5 Å². The van der Waals surface area contributed by atoms with Crippen LogP contribution in [-0.4, -0.2) is 22.9 Å². The number of nitrogens with one attached hydrogen (secondary N) is 1. The van der Waals surface area contributed by atoms with Gasteiger partial charge in [0.1, 0.15) is 5.78 Å². The monoisotopic (exact) mass is 429 g/mol. The van der Waals surface area contributed by atoms with Gasteiger partial charge in [0, 0.05) is 24.7 Å². The topological polar surface area (TPSA) is 75.6 Å². The summed E-state index contributed by atoms with van der Waals surface area (Å²) in [5.41, 5.74) is 2.47. The van der Waals surface area contributed by atoms with Gasteiger partial charge in [0.05, 0.1) is 6.10 Å². The molecule has 5 heteroatoms. The van der Waals surface area contributed by atoms with Crippen LogP contribution in [0.3, 0.4) is 0 Å². The lowest BCUT2D eigenvalue weighted by Crippen LogP contribution is -2.26. The molecular weight excluding hydrogens is 390 g/mol. The third kappa shape index (κ3) is 9.69. The van der Waals surface area contributed by atoms with E-state index in [1.165, 1.54) is 25.7 Å². The molecule has 1 fully saturated rings. The lowest BCUT2D eigenvalue weighted by Gasteiger charge is -2.17. The molecule has 2 N–H and O–H groups in total. The molecule has 0 radical (unpaired) electrons. The van der Waals surface area contributed by atoms with Crippen molar-refractivity contribution >= 4 is 11.7 Å². The Morgan fingerprint density at radius 2 is 1.84 bits per heavy atom. The predicted molar refractivity (Wildman–Crippen MR) is 123 cm³/mol. The summed E-state index contributed by atoms with van der Waals surface area (Å²) in [7, 11) is 0. The zero-order chi connectivity index (χ0) is 22.3. The minimum absolute atomic E-state index is 0.0282. The Kier molecular flexibility index (Phi) is 12.0. The second kappa shape index (κ2) is 14.8. The molecule has 0 aliphatic heterocycles. The summed E-state index contributed by atoms with van der Waals surface area (Å²) in [6.07, 6.45) is 14.9. The summed E-state index contributed by atoms with van der Waals surface area (Å²) in [4.78, 5) is 29.4. The van der Waals surface area contributed by atoms with Gasteiger partial charge in [-0.1, -0.05) is 75.8 Å². The van der Waals surface area contributed by atoms with Crippen LogP contribution in [0, 0.1) is 11.8 Å². The molecule has 172 valence electrons. The number of hydroxylamine groups is 1. The highest BCUT2D eigenvalue weighted by Crippen LogP contribution is 2.34. The van der Waals surface area contributed by atoms with Gasteiger partial charge in [0.25, 0.3) is 5.91 Å². The predicted octanol–water partition coefficient (Wildman–Crippen LogP) is 5.53. The number of rotatable bonds is 15. The molecule has 0 saturated heterocycles. The molecule has 1 saturated carbocycles. The first-order valence-corrected chi connectivity index (χ1v) is 12.0. The highest BCUT2D eigenvalue weighted by Gasteiger charge is 2.39. The van der Waals surface area contributed by atoms with Crippen molar-refractivity contribution in [2.75, 3.05) is 0 Å². The van der Waals surface area contributed by atoms with E-state index in [9.17, 15) is 14.7 Å². The second-order valence-corrected chi connectivity index (χ2v) is 8.59. The van der Waals surface area contributed by atoms with Gasteiger partial charge in [0.15, 0.2) is 5.75 Å². The lowest BCUT2D eigenvalue weighted by molar-refractivity contribution is -0.127. The van der Waals surface area contributed by atoms with Gasteiger partial charge in [-0.05, 0) is 37.8 Å². The van der Waals surface area contributed by atoms with Crippen molar-refractivity contribution in [3.63, 3.8) is 0 Å². The van der Waals surface area contributed by atoms with Crippen LogP contribution >= 0.6 is 0 Å². The molecule has 1 aliphatic carbocycles. The van der Waals surface area contributed by atoms with Crippen molar-refractivity contribution in [1.82, 2.24) is 5.48 Å². The zero-order valence-corrected chi connectivity index (χ0v) is 18.9. The molecule has 1 aromatic carbocycles. The molecule has 0 unspecified atom stereocenters. The number of allylic oxidation sites excluding steroid dienone is 1. The van der Waals surface area contributed by atoms with E-state index in [1.807, 2.05) is 18.2 Å². The van der Waals surface area contributed by atoms with Crippen molar-refractivity contribution in [1.29, 1.82) is 0 Å². The van der Waals surface area contributed by atoms with E-state index >= 15 is 0 Å². The first-order valence-electron chi connectivity index (χ1n) is 12.0. The minimum Gasteiger partial charge on any atom is -0.392 e. The van der Waals surface area contributed by atoms with Crippen LogP contribution in [-0.2, 0) is 9.59 Å². The van der Waals surface area contributed by atoms with E-state index in [0.29, 0.717) is 12.2 Å². The highest BCUT2D eigenvalue weighted by atomic mass is 16.7. The summed E-state index contributed by atoms with van der Waals surface area (Å²) in [6.45, 7) is 2.20. The molecule has 0 aromatic heterocycles. The third-order valence-electron chi connectivity index (χ3n) is 6.01. The van der Waals surface area contributed by atoms with E-state index < -0.39 is 6.10 Å². The summed E-state index contributed by atoms with van der Waals surface area (Å²) < 4.78 is 0. The van der Waals surface area contributed by atoms with Gasteiger partial charge in [-0.3, -0.25) is 9.59 Å². The van der Waals surface area contributed by atoms with Gasteiger partial charge in [-0.15, -0.1) is 0 Å². The van der Waals surface area contributed by atoms with Crippen LogP contribution in [0.4, 0.5) is 0 Å². The number of amides is 1. The fraction of sp³-hybridized carbons (Fsp3) is 0.615. The number of carbonyl (C=O) groups excluding carboxylic acids is 2. The number of aliphatic hydroxyl groups excluding tert-OH is 1. The number of aliphatic hydroxyl groups is 1. The van der Waals surface area contributed by atoms with Crippen molar-refractivity contribution in [2.24, 2.45) is 11.8 Å². The fourth-order valence-corrected chi connectivity index (χ4v) is 4.19. The molecule has 31 heavy (non-hydrogen) atoms. The van der Waals surface area contributed by atoms with Gasteiger partial charge in [-0.25, -0.2) is 0 Å². The number of hydrogen-bond acceptors (Lipinski definition) is 4. The first kappa shape index (κ1) is 25.1. The average molecular weight is 430 g/mol. The van der Waals surface area contributed by atoms with Gasteiger partial charge >= 0.3 is 0 Å². The second-order valence-electron chi connectivity index (χ2n) is 8.59. The summed E-state index contributed by atoms with van der Waals surface area (Å²) in [5, 5.41) is 10.3. The molecule has 1 aromatic rings. The Balaban J connectivity index is 1.58. The molecule has 1 aliphatic rings. The largest absolute Gasteiger partial charge is 0.392 e. The van der Waals surface area contributed by atoms with Crippen molar-refractivity contribution in [2.45, 2.75) is 90.1 Å². The number of unbranched alkanes of at least 4 members (excludes halogenated alkanes) is 7. The van der Waals surface area contributed by atoms with Crippen LogP contribution in [0.1, 0.15) is 84.0 Å².